The van der Waals surface area contributed by atoms with E-state index in [1.165, 1.54) is 12.1 Å². The minimum absolute atomic E-state index is 0.0148. The van der Waals surface area contributed by atoms with Crippen molar-refractivity contribution in [2.45, 2.75) is 12.2 Å². The van der Waals surface area contributed by atoms with Gasteiger partial charge in [0.15, 0.2) is 0 Å². The van der Waals surface area contributed by atoms with E-state index in [0.29, 0.717) is 13.1 Å². The molecule has 88 valence electrons. The number of alkyl halides is 3. The molecule has 0 amide bonds. The lowest BCUT2D eigenvalue weighted by molar-refractivity contribution is -0.137. The van der Waals surface area contributed by atoms with Crippen LogP contribution in [0.3, 0.4) is 0 Å². The van der Waals surface area contributed by atoms with Crippen molar-refractivity contribution in [3.63, 3.8) is 0 Å². The SMILES string of the molecule is FC(F)(F)c1cccc(Cl)c1NC1CNC1. The van der Waals surface area contributed by atoms with E-state index in [-0.39, 0.29) is 16.8 Å². The summed E-state index contributed by atoms with van der Waals surface area (Å²) < 4.78 is 38.1. The summed E-state index contributed by atoms with van der Waals surface area (Å²) in [5.41, 5.74) is -0.741. The van der Waals surface area contributed by atoms with Gasteiger partial charge in [-0.25, -0.2) is 0 Å². The highest BCUT2D eigenvalue weighted by Crippen LogP contribution is 2.38. The Morgan fingerprint density at radius 1 is 1.31 bits per heavy atom. The van der Waals surface area contributed by atoms with Crippen LogP contribution in [0.4, 0.5) is 18.9 Å². The molecule has 1 aliphatic heterocycles. The zero-order valence-electron chi connectivity index (χ0n) is 8.24. The Balaban J connectivity index is 2.32. The van der Waals surface area contributed by atoms with Gasteiger partial charge in [0.25, 0.3) is 0 Å². The van der Waals surface area contributed by atoms with E-state index in [2.05, 4.69) is 10.6 Å². The number of benzene rings is 1. The normalized spacial score (nSPS) is 17.0. The molecule has 1 aromatic rings. The Kier molecular flexibility index (Phi) is 2.99. The van der Waals surface area contributed by atoms with E-state index < -0.39 is 11.7 Å². The van der Waals surface area contributed by atoms with Crippen LogP contribution in [0.1, 0.15) is 5.56 Å². The number of hydrogen-bond donors (Lipinski definition) is 2. The fourth-order valence-electron chi connectivity index (χ4n) is 1.50. The molecule has 0 bridgehead atoms. The molecule has 1 aromatic carbocycles. The molecule has 1 fully saturated rings. The average molecular weight is 251 g/mol. The molecule has 2 rings (SSSR count). The van der Waals surface area contributed by atoms with Gasteiger partial charge in [0, 0.05) is 13.1 Å². The summed E-state index contributed by atoms with van der Waals surface area (Å²) in [6.45, 7) is 1.31. The molecule has 0 aliphatic carbocycles. The van der Waals surface area contributed by atoms with Gasteiger partial charge in [0.05, 0.1) is 22.3 Å². The first kappa shape index (κ1) is 11.5. The molecule has 1 saturated heterocycles. The van der Waals surface area contributed by atoms with Crippen molar-refractivity contribution in [3.8, 4) is 0 Å². The van der Waals surface area contributed by atoms with Crippen molar-refractivity contribution in [2.75, 3.05) is 18.4 Å². The summed E-state index contributed by atoms with van der Waals surface area (Å²) >= 11 is 5.78. The van der Waals surface area contributed by atoms with Crippen LogP contribution in [0.15, 0.2) is 18.2 Å². The Morgan fingerprint density at radius 3 is 2.50 bits per heavy atom. The van der Waals surface area contributed by atoms with Crippen molar-refractivity contribution in [1.29, 1.82) is 0 Å². The summed E-state index contributed by atoms with van der Waals surface area (Å²) in [5.74, 6) is 0. The minimum Gasteiger partial charge on any atom is -0.378 e. The predicted molar refractivity (Wildman–Crippen MR) is 56.7 cm³/mol. The first-order chi connectivity index (χ1) is 7.48. The van der Waals surface area contributed by atoms with Gasteiger partial charge in [0.1, 0.15) is 0 Å². The van der Waals surface area contributed by atoms with Crippen LogP contribution in [0.5, 0.6) is 0 Å². The third kappa shape index (κ3) is 2.25. The zero-order valence-corrected chi connectivity index (χ0v) is 8.99. The van der Waals surface area contributed by atoms with Gasteiger partial charge < -0.3 is 10.6 Å². The average Bonchev–Trinajstić information content (AvgIpc) is 2.11. The van der Waals surface area contributed by atoms with Crippen LogP contribution in [-0.2, 0) is 6.18 Å². The third-order valence-corrected chi connectivity index (χ3v) is 2.76. The van der Waals surface area contributed by atoms with Gasteiger partial charge in [-0.05, 0) is 12.1 Å². The number of nitrogens with one attached hydrogen (secondary N) is 2. The van der Waals surface area contributed by atoms with E-state index in [0.717, 1.165) is 6.07 Å². The largest absolute Gasteiger partial charge is 0.418 e. The maximum absolute atomic E-state index is 12.7. The molecule has 0 spiro atoms. The second-order valence-corrected chi connectivity index (χ2v) is 4.07. The monoisotopic (exact) mass is 250 g/mol. The highest BCUT2D eigenvalue weighted by atomic mass is 35.5. The molecule has 0 unspecified atom stereocenters. The molecule has 2 nitrogen and oxygen atoms in total. The zero-order chi connectivity index (χ0) is 11.8. The molecule has 1 heterocycles. The second kappa shape index (κ2) is 4.14. The molecule has 0 radical (unpaired) electrons. The number of halogens is 4. The maximum Gasteiger partial charge on any atom is 0.418 e. The summed E-state index contributed by atoms with van der Waals surface area (Å²) in [7, 11) is 0. The Labute approximate surface area is 95.8 Å². The van der Waals surface area contributed by atoms with Crippen LogP contribution in [0, 0.1) is 0 Å². The number of hydrogen-bond acceptors (Lipinski definition) is 2. The van der Waals surface area contributed by atoms with Crippen molar-refractivity contribution < 1.29 is 13.2 Å². The quantitative estimate of drug-likeness (QED) is 0.843. The lowest BCUT2D eigenvalue weighted by Crippen LogP contribution is -2.51. The van der Waals surface area contributed by atoms with Gasteiger partial charge in [-0.3, -0.25) is 0 Å². The topological polar surface area (TPSA) is 24.1 Å². The Morgan fingerprint density at radius 2 is 2.00 bits per heavy atom. The summed E-state index contributed by atoms with van der Waals surface area (Å²) in [5, 5.41) is 5.88. The maximum atomic E-state index is 12.7. The van der Waals surface area contributed by atoms with E-state index in [1.54, 1.807) is 0 Å². The van der Waals surface area contributed by atoms with Gasteiger partial charge >= 0.3 is 6.18 Å². The third-order valence-electron chi connectivity index (χ3n) is 2.45. The second-order valence-electron chi connectivity index (χ2n) is 3.66. The molecule has 0 aromatic heterocycles. The van der Waals surface area contributed by atoms with Crippen LogP contribution in [0.25, 0.3) is 0 Å². The molecule has 6 heteroatoms. The van der Waals surface area contributed by atoms with Gasteiger partial charge in [0.2, 0.25) is 0 Å². The molecule has 1 aliphatic rings. The smallest absolute Gasteiger partial charge is 0.378 e. The van der Waals surface area contributed by atoms with Gasteiger partial charge in [-0.1, -0.05) is 17.7 Å². The summed E-state index contributed by atoms with van der Waals surface area (Å²) in [4.78, 5) is 0. The molecule has 0 atom stereocenters. The number of rotatable bonds is 2. The summed E-state index contributed by atoms with van der Waals surface area (Å²) in [6, 6.07) is 3.79. The first-order valence-electron chi connectivity index (χ1n) is 4.81. The molecular formula is C10H10ClF3N2. The number of anilines is 1. The molecular weight excluding hydrogens is 241 g/mol. The van der Waals surface area contributed by atoms with Crippen LogP contribution >= 0.6 is 11.6 Å². The van der Waals surface area contributed by atoms with Gasteiger partial charge in [-0.2, -0.15) is 13.2 Å². The van der Waals surface area contributed by atoms with E-state index >= 15 is 0 Å². The van der Waals surface area contributed by atoms with E-state index in [4.69, 9.17) is 11.6 Å². The van der Waals surface area contributed by atoms with Crippen molar-refractivity contribution >= 4 is 17.3 Å². The van der Waals surface area contributed by atoms with Crippen molar-refractivity contribution in [2.24, 2.45) is 0 Å². The lowest BCUT2D eigenvalue weighted by atomic mass is 10.1. The number of para-hydroxylation sites is 1. The molecule has 16 heavy (non-hydrogen) atoms. The summed E-state index contributed by atoms with van der Waals surface area (Å²) in [6.07, 6.45) is -4.38. The highest BCUT2D eigenvalue weighted by molar-refractivity contribution is 6.33. The van der Waals surface area contributed by atoms with Gasteiger partial charge in [-0.15, -0.1) is 0 Å². The van der Waals surface area contributed by atoms with Crippen molar-refractivity contribution in [3.05, 3.63) is 28.8 Å². The Bertz CT molecular complexity index is 388. The highest BCUT2D eigenvalue weighted by Gasteiger charge is 2.35. The first-order valence-corrected chi connectivity index (χ1v) is 5.19. The van der Waals surface area contributed by atoms with Crippen LogP contribution in [-0.4, -0.2) is 19.1 Å². The van der Waals surface area contributed by atoms with E-state index in [1.807, 2.05) is 0 Å². The van der Waals surface area contributed by atoms with Crippen molar-refractivity contribution in [1.82, 2.24) is 5.32 Å². The van der Waals surface area contributed by atoms with Crippen LogP contribution < -0.4 is 10.6 Å². The fraction of sp³-hybridized carbons (Fsp3) is 0.400. The molecule has 0 saturated carbocycles. The lowest BCUT2D eigenvalue weighted by Gasteiger charge is -2.30. The van der Waals surface area contributed by atoms with Crippen LogP contribution in [0.2, 0.25) is 5.02 Å². The standard InChI is InChI=1S/C10H10ClF3N2/c11-8-3-1-2-7(10(12,13)14)9(8)16-6-4-15-5-6/h1-3,6,15-16H,4-5H2. The minimum atomic E-state index is -4.38. The Hall–Kier alpha value is -0.940. The predicted octanol–water partition coefficient (Wildman–Crippen LogP) is 2.74. The molecule has 2 N–H and O–H groups in total. The fourth-order valence-corrected chi connectivity index (χ4v) is 1.73. The van der Waals surface area contributed by atoms with E-state index in [9.17, 15) is 13.2 Å².